The molecule has 4 heteroatoms. The highest BCUT2D eigenvalue weighted by Crippen LogP contribution is 1.75. The van der Waals surface area contributed by atoms with Crippen LogP contribution in [0.2, 0.25) is 0 Å². The van der Waals surface area contributed by atoms with Crippen molar-refractivity contribution in [3.8, 4) is 0 Å². The lowest BCUT2D eigenvalue weighted by Gasteiger charge is -2.00. The molecular weight excluding hydrogens is 182 g/mol. The Morgan fingerprint density at radius 1 is 0.857 bits per heavy atom. The van der Waals surface area contributed by atoms with Crippen LogP contribution in [0.25, 0.3) is 0 Å². The van der Waals surface area contributed by atoms with Crippen molar-refractivity contribution in [1.29, 1.82) is 0 Å². The van der Waals surface area contributed by atoms with Crippen LogP contribution in [0.4, 0.5) is 0 Å². The van der Waals surface area contributed by atoms with Gasteiger partial charge in [-0.2, -0.15) is 0 Å². The summed E-state index contributed by atoms with van der Waals surface area (Å²) >= 11 is 0. The second-order valence-electron chi connectivity index (χ2n) is 2.01. The van der Waals surface area contributed by atoms with Gasteiger partial charge in [-0.25, -0.2) is 0 Å². The maximum absolute atomic E-state index is 5.06. The van der Waals surface area contributed by atoms with Crippen LogP contribution < -0.4 is 5.73 Å². The van der Waals surface area contributed by atoms with Crippen molar-refractivity contribution in [3.05, 3.63) is 0 Å². The molecule has 2 N–H and O–H groups in total. The molecule has 4 nitrogen and oxygen atoms in total. The van der Waals surface area contributed by atoms with Gasteiger partial charge in [0, 0.05) is 14.2 Å². The predicted molar refractivity (Wildman–Crippen MR) is 60.6 cm³/mol. The summed E-state index contributed by atoms with van der Waals surface area (Å²) in [4.78, 5) is 0. The highest BCUT2D eigenvalue weighted by Gasteiger charge is 1.84. The number of rotatable bonds is 6. The largest absolute Gasteiger partial charge is 0.382 e. The van der Waals surface area contributed by atoms with E-state index in [9.17, 15) is 0 Å². The van der Waals surface area contributed by atoms with Gasteiger partial charge < -0.3 is 19.9 Å². The van der Waals surface area contributed by atoms with Crippen LogP contribution in [-0.2, 0) is 14.2 Å². The van der Waals surface area contributed by atoms with Gasteiger partial charge in [0.25, 0.3) is 0 Å². The van der Waals surface area contributed by atoms with E-state index in [2.05, 4.69) is 0 Å². The molecule has 0 aliphatic carbocycles. The summed E-state index contributed by atoms with van der Waals surface area (Å²) in [5, 5.41) is 0. The maximum Gasteiger partial charge on any atom is 0.0701 e. The standard InChI is InChI=1S/C6H14O3.C2H7N.C2H6/c1-7-3-5-9-6-4-8-2;1-2-3;1-2/h3-6H2,1-2H3;2-3H2,1H3;1-2H3. The van der Waals surface area contributed by atoms with Crippen molar-refractivity contribution in [1.82, 2.24) is 0 Å². The van der Waals surface area contributed by atoms with Crippen LogP contribution >= 0.6 is 0 Å². The minimum Gasteiger partial charge on any atom is -0.382 e. The molecule has 0 amide bonds. The van der Waals surface area contributed by atoms with Gasteiger partial charge in [0.05, 0.1) is 26.4 Å². The third kappa shape index (κ3) is 40.8. The second kappa shape index (κ2) is 29.3. The third-order valence-electron chi connectivity index (χ3n) is 0.864. The van der Waals surface area contributed by atoms with E-state index in [4.69, 9.17) is 19.9 Å². The fourth-order valence-corrected chi connectivity index (χ4v) is 0.387. The average Bonchev–Trinajstić information content (AvgIpc) is 2.22. The summed E-state index contributed by atoms with van der Waals surface area (Å²) < 4.78 is 14.6. The van der Waals surface area contributed by atoms with E-state index in [-0.39, 0.29) is 0 Å². The molecule has 0 saturated heterocycles. The maximum atomic E-state index is 5.06. The summed E-state index contributed by atoms with van der Waals surface area (Å²) in [7, 11) is 3.30. The lowest BCUT2D eigenvalue weighted by molar-refractivity contribution is 0.0385. The van der Waals surface area contributed by atoms with Gasteiger partial charge in [-0.1, -0.05) is 20.8 Å². The monoisotopic (exact) mass is 209 g/mol. The molecule has 0 heterocycles. The molecule has 0 atom stereocenters. The molecule has 0 rings (SSSR count). The summed E-state index contributed by atoms with van der Waals surface area (Å²) in [5.74, 6) is 0. The molecule has 0 unspecified atom stereocenters. The van der Waals surface area contributed by atoms with E-state index in [1.807, 2.05) is 20.8 Å². The van der Waals surface area contributed by atoms with Crippen LogP contribution in [0.5, 0.6) is 0 Å². The number of methoxy groups -OCH3 is 2. The van der Waals surface area contributed by atoms with Gasteiger partial charge in [-0.15, -0.1) is 0 Å². The lowest BCUT2D eigenvalue weighted by Crippen LogP contribution is -2.06. The Morgan fingerprint density at radius 2 is 1.14 bits per heavy atom. The summed E-state index contributed by atoms with van der Waals surface area (Å²) in [6.07, 6.45) is 0. The number of hydrogen-bond acceptors (Lipinski definition) is 4. The van der Waals surface area contributed by atoms with E-state index in [0.29, 0.717) is 26.4 Å². The van der Waals surface area contributed by atoms with Crippen molar-refractivity contribution >= 4 is 0 Å². The molecule has 0 saturated carbocycles. The molecule has 90 valence electrons. The second-order valence-corrected chi connectivity index (χ2v) is 2.01. The topological polar surface area (TPSA) is 53.7 Å². The molecule has 0 aromatic carbocycles. The van der Waals surface area contributed by atoms with Crippen LogP contribution in [0.1, 0.15) is 20.8 Å². The summed E-state index contributed by atoms with van der Waals surface area (Å²) in [5.41, 5.74) is 4.85. The Morgan fingerprint density at radius 3 is 1.36 bits per heavy atom. The first-order valence-corrected chi connectivity index (χ1v) is 5.09. The minimum absolute atomic E-state index is 0.653. The Bertz CT molecular complexity index is 57.3. The van der Waals surface area contributed by atoms with Crippen LogP contribution in [0.15, 0.2) is 0 Å². The molecule has 0 aromatic heterocycles. The lowest BCUT2D eigenvalue weighted by atomic mass is 10.7. The van der Waals surface area contributed by atoms with Gasteiger partial charge in [-0.05, 0) is 6.54 Å². The smallest absolute Gasteiger partial charge is 0.0701 e. The van der Waals surface area contributed by atoms with E-state index < -0.39 is 0 Å². The summed E-state index contributed by atoms with van der Waals surface area (Å²) in [6, 6.07) is 0. The quantitative estimate of drug-likeness (QED) is 0.670. The van der Waals surface area contributed by atoms with Gasteiger partial charge in [0.1, 0.15) is 0 Å². The van der Waals surface area contributed by atoms with Crippen molar-refractivity contribution in [2.75, 3.05) is 47.2 Å². The average molecular weight is 209 g/mol. The van der Waals surface area contributed by atoms with Crippen molar-refractivity contribution in [2.24, 2.45) is 5.73 Å². The first kappa shape index (κ1) is 19.4. The highest BCUT2D eigenvalue weighted by atomic mass is 16.5. The Hall–Kier alpha value is -0.160. The van der Waals surface area contributed by atoms with Crippen molar-refractivity contribution in [3.63, 3.8) is 0 Å². The molecule has 0 aliphatic rings. The molecule has 0 aliphatic heterocycles. The predicted octanol–water partition coefficient (Wildman–Crippen LogP) is 1.29. The zero-order chi connectivity index (χ0) is 11.7. The molecule has 0 bridgehead atoms. The van der Waals surface area contributed by atoms with Gasteiger partial charge >= 0.3 is 0 Å². The third-order valence-corrected chi connectivity index (χ3v) is 0.864. The molecule has 0 aromatic rings. The highest BCUT2D eigenvalue weighted by molar-refractivity contribution is 4.28. The van der Waals surface area contributed by atoms with Crippen LogP contribution in [-0.4, -0.2) is 47.2 Å². The number of nitrogens with two attached hydrogens (primary N) is 1. The molecule has 0 spiro atoms. The summed E-state index contributed by atoms with van der Waals surface area (Å²) in [6.45, 7) is 9.27. The SMILES string of the molecule is CC.CCN.COCCOCCOC. The van der Waals surface area contributed by atoms with Crippen molar-refractivity contribution < 1.29 is 14.2 Å². The number of hydrogen-bond donors (Lipinski definition) is 1. The van der Waals surface area contributed by atoms with E-state index >= 15 is 0 Å². The first-order chi connectivity index (χ1) is 6.83. The molecular formula is C10H27NO3. The van der Waals surface area contributed by atoms with Gasteiger partial charge in [0.15, 0.2) is 0 Å². The molecule has 0 fully saturated rings. The van der Waals surface area contributed by atoms with E-state index in [0.717, 1.165) is 6.54 Å². The first-order valence-electron chi connectivity index (χ1n) is 5.09. The van der Waals surface area contributed by atoms with Crippen LogP contribution in [0, 0.1) is 0 Å². The fraction of sp³-hybridized carbons (Fsp3) is 1.00. The van der Waals surface area contributed by atoms with Crippen LogP contribution in [0.3, 0.4) is 0 Å². The van der Waals surface area contributed by atoms with Gasteiger partial charge in [0.2, 0.25) is 0 Å². The van der Waals surface area contributed by atoms with Crippen molar-refractivity contribution in [2.45, 2.75) is 20.8 Å². The zero-order valence-electron chi connectivity index (χ0n) is 10.3. The fourth-order valence-electron chi connectivity index (χ4n) is 0.387. The normalized spacial score (nSPS) is 8.14. The molecule has 14 heavy (non-hydrogen) atoms. The Balaban J connectivity index is -0.000000205. The Kier molecular flexibility index (Phi) is 40.6. The molecule has 0 radical (unpaired) electrons. The number of ether oxygens (including phenoxy) is 3. The Labute approximate surface area is 88.7 Å². The van der Waals surface area contributed by atoms with E-state index in [1.54, 1.807) is 14.2 Å². The zero-order valence-corrected chi connectivity index (χ0v) is 10.3. The van der Waals surface area contributed by atoms with E-state index in [1.165, 1.54) is 0 Å². The van der Waals surface area contributed by atoms with Gasteiger partial charge in [-0.3, -0.25) is 0 Å². The minimum atomic E-state index is 0.653.